The number of rotatable bonds is 1. The highest BCUT2D eigenvalue weighted by Gasteiger charge is 2.08. The van der Waals surface area contributed by atoms with E-state index in [-0.39, 0.29) is 12.4 Å². The Morgan fingerprint density at radius 2 is 2.14 bits per heavy atom. The lowest BCUT2D eigenvalue weighted by Gasteiger charge is -2.05. The smallest absolute Gasteiger partial charge is 0.133 e. The summed E-state index contributed by atoms with van der Waals surface area (Å²) in [7, 11) is 0. The summed E-state index contributed by atoms with van der Waals surface area (Å²) >= 11 is 5.92. The van der Waals surface area contributed by atoms with E-state index in [9.17, 15) is 4.39 Å². The molecule has 14 heavy (non-hydrogen) atoms. The highest BCUT2D eigenvalue weighted by molar-refractivity contribution is 6.35. The predicted octanol–water partition coefficient (Wildman–Crippen LogP) is 2.49. The topological polar surface area (TPSA) is 38.9 Å². The Kier molecular flexibility index (Phi) is 2.35. The number of fused-ring (bicyclic) bond motifs is 1. The summed E-state index contributed by atoms with van der Waals surface area (Å²) in [6, 6.07) is 4.53. The van der Waals surface area contributed by atoms with Crippen molar-refractivity contribution in [1.29, 1.82) is 0 Å². The molecular weight excluding hydrogens is 203 g/mol. The minimum Gasteiger partial charge on any atom is -0.325 e. The van der Waals surface area contributed by atoms with E-state index in [1.165, 1.54) is 12.1 Å². The van der Waals surface area contributed by atoms with Crippen LogP contribution >= 0.6 is 11.6 Å². The summed E-state index contributed by atoms with van der Waals surface area (Å²) in [6.07, 6.45) is 1.58. The number of nitrogens with zero attached hydrogens (tertiary/aromatic N) is 1. The molecule has 4 heteroatoms. The molecule has 0 atom stereocenters. The minimum absolute atomic E-state index is 0.203. The maximum Gasteiger partial charge on any atom is 0.133 e. The Labute approximate surface area is 85.5 Å². The monoisotopic (exact) mass is 210 g/mol. The lowest BCUT2D eigenvalue weighted by Crippen LogP contribution is -2.01. The maximum absolute atomic E-state index is 13.5. The van der Waals surface area contributed by atoms with Gasteiger partial charge in [-0.3, -0.25) is 4.98 Å². The van der Waals surface area contributed by atoms with Crippen molar-refractivity contribution in [3.63, 3.8) is 0 Å². The van der Waals surface area contributed by atoms with Crippen molar-refractivity contribution >= 4 is 22.4 Å². The third kappa shape index (κ3) is 1.35. The van der Waals surface area contributed by atoms with E-state index >= 15 is 0 Å². The standard InChI is InChI=1S/C10H8ClFN2/c11-7-1-2-8(12)10-6(7)3-4-14-9(10)5-13/h1-4H,5,13H2. The van der Waals surface area contributed by atoms with E-state index < -0.39 is 0 Å². The molecule has 1 aromatic heterocycles. The zero-order chi connectivity index (χ0) is 10.1. The van der Waals surface area contributed by atoms with Crippen LogP contribution in [0.2, 0.25) is 5.02 Å². The molecule has 0 aliphatic heterocycles. The molecule has 2 rings (SSSR count). The van der Waals surface area contributed by atoms with E-state index in [0.29, 0.717) is 21.5 Å². The van der Waals surface area contributed by atoms with Gasteiger partial charge in [0.05, 0.1) is 5.69 Å². The molecule has 0 spiro atoms. The molecule has 0 saturated heterocycles. The van der Waals surface area contributed by atoms with Gasteiger partial charge >= 0.3 is 0 Å². The fraction of sp³-hybridized carbons (Fsp3) is 0.100. The summed E-state index contributed by atoms with van der Waals surface area (Å²) in [5.74, 6) is -0.335. The number of nitrogens with two attached hydrogens (primary N) is 1. The van der Waals surface area contributed by atoms with Gasteiger partial charge in [-0.2, -0.15) is 0 Å². The van der Waals surface area contributed by atoms with Gasteiger partial charge in [-0.05, 0) is 18.2 Å². The van der Waals surface area contributed by atoms with Crippen molar-refractivity contribution in [1.82, 2.24) is 4.98 Å². The molecule has 0 amide bonds. The van der Waals surface area contributed by atoms with E-state index in [1.807, 2.05) is 0 Å². The number of hydrogen-bond acceptors (Lipinski definition) is 2. The maximum atomic E-state index is 13.5. The lowest BCUT2D eigenvalue weighted by atomic mass is 10.1. The van der Waals surface area contributed by atoms with Crippen LogP contribution in [0.15, 0.2) is 24.4 Å². The molecular formula is C10H8ClFN2. The number of halogens is 2. The molecule has 1 aromatic carbocycles. The van der Waals surface area contributed by atoms with Crippen LogP contribution in [0.1, 0.15) is 5.69 Å². The molecule has 0 saturated carbocycles. The second kappa shape index (κ2) is 3.52. The van der Waals surface area contributed by atoms with Crippen molar-refractivity contribution in [2.75, 3.05) is 0 Å². The molecule has 2 nitrogen and oxygen atoms in total. The van der Waals surface area contributed by atoms with Crippen LogP contribution in [0.25, 0.3) is 10.8 Å². The van der Waals surface area contributed by atoms with Crippen LogP contribution in [0.3, 0.4) is 0 Å². The van der Waals surface area contributed by atoms with Gasteiger partial charge in [0, 0.05) is 28.5 Å². The molecule has 72 valence electrons. The predicted molar refractivity (Wildman–Crippen MR) is 54.6 cm³/mol. The first-order valence-electron chi connectivity index (χ1n) is 4.15. The zero-order valence-corrected chi connectivity index (χ0v) is 8.05. The number of pyridine rings is 1. The molecule has 0 aliphatic rings. The average molecular weight is 211 g/mol. The number of aromatic nitrogens is 1. The SMILES string of the molecule is NCc1nccc2c(Cl)ccc(F)c12. The summed E-state index contributed by atoms with van der Waals surface area (Å²) in [4.78, 5) is 4.00. The van der Waals surface area contributed by atoms with E-state index in [1.54, 1.807) is 12.3 Å². The van der Waals surface area contributed by atoms with Crippen molar-refractivity contribution < 1.29 is 4.39 Å². The molecule has 0 bridgehead atoms. The summed E-state index contributed by atoms with van der Waals surface area (Å²) in [5, 5.41) is 1.59. The van der Waals surface area contributed by atoms with Gasteiger partial charge in [0.15, 0.2) is 0 Å². The summed E-state index contributed by atoms with van der Waals surface area (Å²) in [6.45, 7) is 0.203. The van der Waals surface area contributed by atoms with Crippen LogP contribution in [-0.4, -0.2) is 4.98 Å². The summed E-state index contributed by atoms with van der Waals surface area (Å²) < 4.78 is 13.5. The molecule has 2 aromatic rings. The molecule has 2 N–H and O–H groups in total. The van der Waals surface area contributed by atoms with Crippen LogP contribution in [-0.2, 0) is 6.54 Å². The van der Waals surface area contributed by atoms with Crippen LogP contribution in [0.5, 0.6) is 0 Å². The first-order valence-corrected chi connectivity index (χ1v) is 4.53. The molecule has 0 fully saturated rings. The highest BCUT2D eigenvalue weighted by Crippen LogP contribution is 2.27. The third-order valence-corrected chi connectivity index (χ3v) is 2.42. The molecule has 0 aliphatic carbocycles. The van der Waals surface area contributed by atoms with Crippen LogP contribution in [0.4, 0.5) is 4.39 Å². The highest BCUT2D eigenvalue weighted by atomic mass is 35.5. The van der Waals surface area contributed by atoms with Gasteiger partial charge in [-0.25, -0.2) is 4.39 Å². The molecule has 0 unspecified atom stereocenters. The van der Waals surface area contributed by atoms with Gasteiger partial charge < -0.3 is 5.73 Å². The first-order chi connectivity index (χ1) is 6.74. The Hall–Kier alpha value is -1.19. The van der Waals surface area contributed by atoms with Gasteiger partial charge in [-0.1, -0.05) is 11.6 Å². The van der Waals surface area contributed by atoms with Crippen molar-refractivity contribution in [3.8, 4) is 0 Å². The molecule has 1 heterocycles. The fourth-order valence-corrected chi connectivity index (χ4v) is 1.67. The first kappa shape index (κ1) is 9.37. The van der Waals surface area contributed by atoms with Gasteiger partial charge in [-0.15, -0.1) is 0 Å². The second-order valence-corrected chi connectivity index (χ2v) is 3.32. The quantitative estimate of drug-likeness (QED) is 0.786. The Morgan fingerprint density at radius 1 is 1.36 bits per heavy atom. The van der Waals surface area contributed by atoms with E-state index in [2.05, 4.69) is 4.98 Å². The molecule has 0 radical (unpaired) electrons. The van der Waals surface area contributed by atoms with E-state index in [0.717, 1.165) is 0 Å². The van der Waals surface area contributed by atoms with Gasteiger partial charge in [0.25, 0.3) is 0 Å². The Balaban J connectivity index is 2.92. The Bertz CT molecular complexity index is 485. The second-order valence-electron chi connectivity index (χ2n) is 2.91. The lowest BCUT2D eigenvalue weighted by molar-refractivity contribution is 0.638. The number of hydrogen-bond donors (Lipinski definition) is 1. The van der Waals surface area contributed by atoms with Crippen LogP contribution in [0, 0.1) is 5.82 Å². The van der Waals surface area contributed by atoms with Crippen molar-refractivity contribution in [2.45, 2.75) is 6.54 Å². The third-order valence-electron chi connectivity index (χ3n) is 2.09. The minimum atomic E-state index is -0.335. The van der Waals surface area contributed by atoms with Gasteiger partial charge in [0.1, 0.15) is 5.82 Å². The van der Waals surface area contributed by atoms with E-state index in [4.69, 9.17) is 17.3 Å². The van der Waals surface area contributed by atoms with Gasteiger partial charge in [0.2, 0.25) is 0 Å². The number of benzene rings is 1. The zero-order valence-electron chi connectivity index (χ0n) is 7.30. The fourth-order valence-electron chi connectivity index (χ4n) is 1.44. The summed E-state index contributed by atoms with van der Waals surface area (Å²) in [5.41, 5.74) is 5.99. The largest absolute Gasteiger partial charge is 0.325 e. The average Bonchev–Trinajstić information content (AvgIpc) is 2.23. The van der Waals surface area contributed by atoms with Crippen molar-refractivity contribution in [3.05, 3.63) is 40.9 Å². The van der Waals surface area contributed by atoms with Crippen molar-refractivity contribution in [2.24, 2.45) is 5.73 Å². The Morgan fingerprint density at radius 3 is 2.86 bits per heavy atom. The van der Waals surface area contributed by atoms with Crippen LogP contribution < -0.4 is 5.73 Å². The normalized spacial score (nSPS) is 10.8.